The topological polar surface area (TPSA) is 107 Å². The smallest absolute Gasteiger partial charge is 0.339 e. The van der Waals surface area contributed by atoms with Crippen LogP contribution in [0.3, 0.4) is 0 Å². The molecule has 1 saturated heterocycles. The lowest BCUT2D eigenvalue weighted by Crippen LogP contribution is -2.44. The summed E-state index contributed by atoms with van der Waals surface area (Å²) in [4.78, 5) is 37.6. The third-order valence-corrected chi connectivity index (χ3v) is 5.61. The molecule has 0 aliphatic carbocycles. The van der Waals surface area contributed by atoms with Crippen LogP contribution in [0.2, 0.25) is 0 Å². The molecule has 1 heterocycles. The summed E-state index contributed by atoms with van der Waals surface area (Å²) in [5, 5.41) is 21.2. The number of carbonyl (C=O) groups is 3. The number of carboxylic acid groups (broad SMARTS) is 1. The highest BCUT2D eigenvalue weighted by Gasteiger charge is 2.38. The number of carboxylic acids is 1. The van der Waals surface area contributed by atoms with Crippen LogP contribution in [0, 0.1) is 5.82 Å². The molecule has 0 radical (unpaired) electrons. The number of nitrogens with zero attached hydrogens (tertiary/aromatic N) is 1. The van der Waals surface area contributed by atoms with Gasteiger partial charge in [0, 0.05) is 17.3 Å². The Labute approximate surface area is 180 Å². The molecule has 3 rings (SSSR count). The molecule has 10 heteroatoms. The van der Waals surface area contributed by atoms with Gasteiger partial charge in [0.1, 0.15) is 27.5 Å². The highest BCUT2D eigenvalue weighted by molar-refractivity contribution is 8.26. The summed E-state index contributed by atoms with van der Waals surface area (Å²) in [5.41, 5.74) is 0.0714. The van der Waals surface area contributed by atoms with Crippen molar-refractivity contribution in [3.05, 3.63) is 64.3 Å². The van der Waals surface area contributed by atoms with Crippen molar-refractivity contribution in [2.45, 2.75) is 13.0 Å². The van der Waals surface area contributed by atoms with E-state index in [0.717, 1.165) is 28.8 Å². The third kappa shape index (κ3) is 4.34. The van der Waals surface area contributed by atoms with Crippen LogP contribution in [-0.2, 0) is 9.59 Å². The molecule has 30 heavy (non-hydrogen) atoms. The largest absolute Gasteiger partial charge is 0.507 e. The number of thioether (sulfide) groups is 1. The van der Waals surface area contributed by atoms with Crippen molar-refractivity contribution in [1.29, 1.82) is 0 Å². The second kappa shape index (κ2) is 8.64. The number of carbonyl (C=O) groups excluding carboxylic acids is 2. The molecule has 0 aromatic heterocycles. The van der Waals surface area contributed by atoms with Crippen LogP contribution in [0.5, 0.6) is 5.75 Å². The first kappa shape index (κ1) is 21.5. The van der Waals surface area contributed by atoms with E-state index in [4.69, 9.17) is 17.3 Å². The number of aromatic carboxylic acids is 1. The van der Waals surface area contributed by atoms with Gasteiger partial charge in [-0.15, -0.1) is 0 Å². The summed E-state index contributed by atoms with van der Waals surface area (Å²) in [6.45, 7) is 1.47. The molecule has 154 valence electrons. The van der Waals surface area contributed by atoms with E-state index >= 15 is 0 Å². The normalized spacial score (nSPS) is 16.1. The summed E-state index contributed by atoms with van der Waals surface area (Å²) in [6.07, 6.45) is 1.38. The first-order valence-electron chi connectivity index (χ1n) is 8.58. The monoisotopic (exact) mass is 446 g/mol. The van der Waals surface area contributed by atoms with Crippen molar-refractivity contribution in [3.63, 3.8) is 0 Å². The number of thiocarbonyl (C=S) groups is 1. The molecule has 3 N–H and O–H groups in total. The molecule has 1 atom stereocenters. The molecule has 0 saturated carbocycles. The molecule has 2 amide bonds. The third-order valence-electron chi connectivity index (χ3n) is 4.28. The minimum Gasteiger partial charge on any atom is -0.507 e. The van der Waals surface area contributed by atoms with Gasteiger partial charge in [-0.3, -0.25) is 14.5 Å². The summed E-state index contributed by atoms with van der Waals surface area (Å²) in [5.74, 6) is -3.43. The van der Waals surface area contributed by atoms with Crippen molar-refractivity contribution in [2.75, 3.05) is 5.32 Å². The second-order valence-electron chi connectivity index (χ2n) is 6.28. The Bertz CT molecular complexity index is 1100. The number of phenols is 1. The fraction of sp³-hybridized carbons (Fsp3) is 0.100. The van der Waals surface area contributed by atoms with Gasteiger partial charge in [-0.2, -0.15) is 0 Å². The van der Waals surface area contributed by atoms with Crippen molar-refractivity contribution in [3.8, 4) is 5.75 Å². The zero-order valence-corrected chi connectivity index (χ0v) is 17.1. The zero-order chi connectivity index (χ0) is 22.0. The number of nitrogens with one attached hydrogen (secondary N) is 1. The zero-order valence-electron chi connectivity index (χ0n) is 15.5. The molecule has 1 fully saturated rings. The van der Waals surface area contributed by atoms with Crippen LogP contribution in [0.15, 0.2) is 47.4 Å². The minimum atomic E-state index is -1.31. The number of halogens is 1. The number of rotatable bonds is 5. The molecule has 1 unspecified atom stereocenters. The number of hydrogen-bond acceptors (Lipinski definition) is 6. The predicted molar refractivity (Wildman–Crippen MR) is 115 cm³/mol. The maximum Gasteiger partial charge on any atom is 0.339 e. The number of anilines is 1. The van der Waals surface area contributed by atoms with Crippen molar-refractivity contribution >= 4 is 57.8 Å². The molecule has 0 spiro atoms. The van der Waals surface area contributed by atoms with Crippen molar-refractivity contribution < 1.29 is 29.0 Å². The lowest BCUT2D eigenvalue weighted by molar-refractivity contribution is -0.129. The Hall–Kier alpha value is -3.24. The Morgan fingerprint density at radius 3 is 2.60 bits per heavy atom. The second-order valence-corrected chi connectivity index (χ2v) is 7.95. The summed E-state index contributed by atoms with van der Waals surface area (Å²) in [6, 6.07) is 8.52. The molecular formula is C20H15FN2O5S2. The first-order valence-corrected chi connectivity index (χ1v) is 9.80. The number of aromatic hydroxyl groups is 1. The molecule has 2 aromatic carbocycles. The van der Waals surface area contributed by atoms with Crippen molar-refractivity contribution in [1.82, 2.24) is 4.90 Å². The van der Waals surface area contributed by atoms with Crippen LogP contribution in [0.4, 0.5) is 10.1 Å². The lowest BCUT2D eigenvalue weighted by atomic mass is 10.1. The number of benzene rings is 2. The molecule has 1 aliphatic heterocycles. The van der Waals surface area contributed by atoms with Crippen LogP contribution in [0.1, 0.15) is 22.8 Å². The fourth-order valence-corrected chi connectivity index (χ4v) is 4.11. The molecule has 0 bridgehead atoms. The maximum atomic E-state index is 13.9. The fourth-order valence-electron chi connectivity index (χ4n) is 2.70. The Kier molecular flexibility index (Phi) is 6.18. The van der Waals surface area contributed by atoms with Crippen LogP contribution < -0.4 is 5.32 Å². The Balaban J connectivity index is 1.77. The van der Waals surface area contributed by atoms with E-state index in [1.165, 1.54) is 37.3 Å². The standard InChI is InChI=1S/C20H15FN2O5S2/c1-10(17(25)22-12-6-7-13(19(27)28)15(24)9-12)23-18(26)16(30-20(23)29)8-11-4-2-3-5-14(11)21/h2-10,24H,1H3,(H,22,25)(H,27,28). The predicted octanol–water partition coefficient (Wildman–Crippen LogP) is 3.46. The minimum absolute atomic E-state index is 0.148. The summed E-state index contributed by atoms with van der Waals surface area (Å²) >= 11 is 6.18. The van der Waals surface area contributed by atoms with Gasteiger partial charge in [0.2, 0.25) is 5.91 Å². The van der Waals surface area contributed by atoms with Gasteiger partial charge in [0.05, 0.1) is 4.91 Å². The van der Waals surface area contributed by atoms with E-state index in [-0.39, 0.29) is 26.0 Å². The average molecular weight is 446 g/mol. The van der Waals surface area contributed by atoms with E-state index in [1.54, 1.807) is 6.07 Å². The van der Waals surface area contributed by atoms with Gasteiger partial charge in [-0.25, -0.2) is 9.18 Å². The van der Waals surface area contributed by atoms with Gasteiger partial charge in [-0.1, -0.05) is 42.2 Å². The molecule has 2 aromatic rings. The summed E-state index contributed by atoms with van der Waals surface area (Å²) in [7, 11) is 0. The summed E-state index contributed by atoms with van der Waals surface area (Å²) < 4.78 is 14.0. The number of amides is 2. The Morgan fingerprint density at radius 1 is 1.27 bits per heavy atom. The van der Waals surface area contributed by atoms with Gasteiger partial charge in [-0.05, 0) is 31.2 Å². The van der Waals surface area contributed by atoms with Gasteiger partial charge in [0.25, 0.3) is 5.91 Å². The van der Waals surface area contributed by atoms with Gasteiger partial charge in [0.15, 0.2) is 0 Å². The number of hydrogen-bond donors (Lipinski definition) is 3. The van der Waals surface area contributed by atoms with Crippen LogP contribution in [-0.4, -0.2) is 43.3 Å². The lowest BCUT2D eigenvalue weighted by Gasteiger charge is -2.22. The quantitative estimate of drug-likeness (QED) is 0.477. The van der Waals surface area contributed by atoms with Crippen LogP contribution in [0.25, 0.3) is 6.08 Å². The van der Waals surface area contributed by atoms with Crippen LogP contribution >= 0.6 is 24.0 Å². The highest BCUT2D eigenvalue weighted by atomic mass is 32.2. The van der Waals surface area contributed by atoms with E-state index in [1.807, 2.05) is 0 Å². The first-order chi connectivity index (χ1) is 14.2. The average Bonchev–Trinajstić information content (AvgIpc) is 2.96. The SMILES string of the molecule is CC(C(=O)Nc1ccc(C(=O)O)c(O)c1)N1C(=O)C(=Cc2ccccc2F)SC1=S. The van der Waals surface area contributed by atoms with E-state index in [9.17, 15) is 23.9 Å². The van der Waals surface area contributed by atoms with E-state index in [0.29, 0.717) is 0 Å². The maximum absolute atomic E-state index is 13.9. The van der Waals surface area contributed by atoms with Gasteiger partial charge < -0.3 is 15.5 Å². The molecular weight excluding hydrogens is 431 g/mol. The molecule has 7 nitrogen and oxygen atoms in total. The van der Waals surface area contributed by atoms with Gasteiger partial charge >= 0.3 is 5.97 Å². The molecule has 1 aliphatic rings. The van der Waals surface area contributed by atoms with E-state index in [2.05, 4.69) is 5.32 Å². The highest BCUT2D eigenvalue weighted by Crippen LogP contribution is 2.34. The Morgan fingerprint density at radius 2 is 1.97 bits per heavy atom. The van der Waals surface area contributed by atoms with E-state index < -0.39 is 35.4 Å². The van der Waals surface area contributed by atoms with Crippen molar-refractivity contribution in [2.24, 2.45) is 0 Å².